The standard InChI is InChI=1S/C31H36F6N4O4.C29H33BrF6N4O4/c1-17-27(21-11-22(30(32,33)34)13-23(12-21)31(35,36)37)45-29(44)41(17)16-25-28(38-14-24(39-25)20-4-3-5-20)40(2)15-19-8-6-18(7-9-19)10-26(42)43;1-4-43-24(41)9-17-5-7-18(8-6-17)14-39(3)26-22(38-23(30)13-37-26)15-40-16(2)25(44-27(40)42)19-10-20(28(31,32)33)12-21(11-19)29(34,35)36/h11-14,17-20,27H,3-10,15-16H2,1-2H3,(H,42,43);10-13,16-18,25H,4-9,14-15H2,1-3H3/t17-,18?,19?,27?;16-,17?,18?,25?/m00/s1. The highest BCUT2D eigenvalue weighted by Gasteiger charge is 2.46. The number of aromatic nitrogens is 4. The fourth-order valence-electron chi connectivity index (χ4n) is 12.4. The molecular formula is C60H69BrF12N8O8. The van der Waals surface area contributed by atoms with Crippen LogP contribution < -0.4 is 9.80 Å². The number of anilines is 2. The number of carbonyl (C=O) groups excluding carboxylic acids is 3. The third-order valence-corrected chi connectivity index (χ3v) is 17.8. The molecule has 4 atom stereocenters. The highest BCUT2D eigenvalue weighted by Crippen LogP contribution is 2.45. The number of rotatable bonds is 18. The number of carboxylic acid groups (broad SMARTS) is 1. The van der Waals surface area contributed by atoms with Crippen molar-refractivity contribution < 1.29 is 91.2 Å². The monoisotopic (exact) mass is 1340 g/mol. The number of cyclic esters (lactones) is 2. The van der Waals surface area contributed by atoms with E-state index in [-0.39, 0.29) is 55.4 Å². The zero-order valence-electron chi connectivity index (χ0n) is 49.3. The Hall–Kier alpha value is -6.68. The summed E-state index contributed by atoms with van der Waals surface area (Å²) in [4.78, 5) is 73.8. The predicted octanol–water partition coefficient (Wildman–Crippen LogP) is 15.1. The molecule has 16 nitrogen and oxygen atoms in total. The summed E-state index contributed by atoms with van der Waals surface area (Å²) < 4.78 is 178. The lowest BCUT2D eigenvalue weighted by Gasteiger charge is -2.32. The molecule has 2 aliphatic heterocycles. The smallest absolute Gasteiger partial charge is 0.416 e. The SMILES string of the molecule is CCOC(=O)CC1CCC(CN(C)c2ncc(Br)nc2CN2C(=O)OC(c3cc(C(F)(F)F)cc(C(F)(F)F)c3)[C@@H]2C)CC1.C[C@H]1C(c2cc(C(F)(F)F)cc(C(F)(F)F)c2)OC(=O)N1Cc1nc(C2CCC2)cnc1N(C)CC1CCC(CC(=O)O)CC1. The van der Waals surface area contributed by atoms with Gasteiger partial charge in [-0.3, -0.25) is 24.4 Å². The minimum absolute atomic E-state index is 0.0365. The molecule has 5 aliphatic rings. The van der Waals surface area contributed by atoms with E-state index in [4.69, 9.17) is 29.3 Å². The van der Waals surface area contributed by atoms with Crippen molar-refractivity contribution in [1.29, 1.82) is 0 Å². The second kappa shape index (κ2) is 27.8. The lowest BCUT2D eigenvalue weighted by atomic mass is 9.80. The molecule has 2 amide bonds. The largest absolute Gasteiger partial charge is 0.481 e. The van der Waals surface area contributed by atoms with Crippen LogP contribution in [0.3, 0.4) is 0 Å². The minimum atomic E-state index is -5.03. The molecular weight excluding hydrogens is 1270 g/mol. The average molecular weight is 1340 g/mol. The molecule has 2 saturated heterocycles. The predicted molar refractivity (Wildman–Crippen MR) is 301 cm³/mol. The molecule has 89 heavy (non-hydrogen) atoms. The van der Waals surface area contributed by atoms with E-state index >= 15 is 0 Å². The summed E-state index contributed by atoms with van der Waals surface area (Å²) in [7, 11) is 3.69. The van der Waals surface area contributed by atoms with E-state index in [2.05, 4.69) is 25.9 Å². The number of carboxylic acids is 1. The maximum absolute atomic E-state index is 13.5. The number of amides is 2. The molecule has 9 rings (SSSR count). The van der Waals surface area contributed by atoms with Crippen molar-refractivity contribution in [2.45, 2.75) is 172 Å². The van der Waals surface area contributed by atoms with Gasteiger partial charge in [-0.05, 0) is 172 Å². The van der Waals surface area contributed by atoms with Crippen LogP contribution in [0.15, 0.2) is 53.4 Å². The van der Waals surface area contributed by atoms with Crippen molar-refractivity contribution in [2.75, 3.05) is 43.6 Å². The molecule has 1 N–H and O–H groups in total. The van der Waals surface area contributed by atoms with Gasteiger partial charge in [0, 0.05) is 45.9 Å². The highest BCUT2D eigenvalue weighted by molar-refractivity contribution is 9.10. The van der Waals surface area contributed by atoms with Crippen LogP contribution in [0.4, 0.5) is 73.9 Å². The van der Waals surface area contributed by atoms with Crippen LogP contribution in [-0.2, 0) is 61.6 Å². The number of alkyl halides is 12. The van der Waals surface area contributed by atoms with Gasteiger partial charge < -0.3 is 29.1 Å². The Bertz CT molecular complexity index is 3110. The first-order chi connectivity index (χ1) is 41.7. The normalized spacial score (nSPS) is 23.5. The first-order valence-corrected chi connectivity index (χ1v) is 30.2. The summed E-state index contributed by atoms with van der Waals surface area (Å²) >= 11 is 3.28. The molecule has 3 saturated carbocycles. The second-order valence-electron chi connectivity index (χ2n) is 23.8. The summed E-state index contributed by atoms with van der Waals surface area (Å²) in [6.45, 7) is 6.16. The number of hydrogen-bond acceptors (Lipinski definition) is 13. The van der Waals surface area contributed by atoms with Gasteiger partial charge >= 0.3 is 48.8 Å². The Kier molecular flexibility index (Phi) is 21.3. The zero-order valence-corrected chi connectivity index (χ0v) is 50.9. The number of esters is 1. The van der Waals surface area contributed by atoms with E-state index in [0.717, 1.165) is 76.3 Å². The fraction of sp³-hybridized carbons (Fsp3) is 0.600. The molecule has 29 heteroatoms. The number of benzene rings is 2. The summed E-state index contributed by atoms with van der Waals surface area (Å²) in [5, 5.41) is 9.11. The first-order valence-electron chi connectivity index (χ1n) is 29.4. The average Bonchev–Trinajstić information content (AvgIpc) is 2.22. The molecule has 4 aromatic rings. The summed E-state index contributed by atoms with van der Waals surface area (Å²) in [6.07, 6.45) is -11.0. The molecule has 3 aliphatic carbocycles. The maximum Gasteiger partial charge on any atom is 0.416 e. The third kappa shape index (κ3) is 17.2. The van der Waals surface area contributed by atoms with Crippen molar-refractivity contribution in [2.24, 2.45) is 23.7 Å². The van der Waals surface area contributed by atoms with Crippen LogP contribution in [0.25, 0.3) is 0 Å². The van der Waals surface area contributed by atoms with Crippen LogP contribution >= 0.6 is 15.9 Å². The van der Waals surface area contributed by atoms with E-state index in [9.17, 15) is 71.9 Å². The van der Waals surface area contributed by atoms with Gasteiger partial charge in [-0.15, -0.1) is 0 Å². The Labute approximate surface area is 514 Å². The number of aliphatic carboxylic acids is 1. The number of ether oxygens (including phenoxy) is 3. The number of carbonyl (C=O) groups is 4. The van der Waals surface area contributed by atoms with Crippen molar-refractivity contribution in [3.63, 3.8) is 0 Å². The molecule has 0 radical (unpaired) electrons. The second-order valence-corrected chi connectivity index (χ2v) is 24.6. The molecule has 2 aromatic carbocycles. The van der Waals surface area contributed by atoms with Gasteiger partial charge in [-0.2, -0.15) is 52.7 Å². The van der Waals surface area contributed by atoms with E-state index in [1.165, 1.54) is 29.8 Å². The van der Waals surface area contributed by atoms with Crippen LogP contribution in [0.2, 0.25) is 0 Å². The lowest BCUT2D eigenvalue weighted by molar-refractivity contribution is -0.145. The van der Waals surface area contributed by atoms with Gasteiger partial charge in [0.15, 0.2) is 11.6 Å². The zero-order chi connectivity index (χ0) is 65.1. The van der Waals surface area contributed by atoms with Gasteiger partial charge in [0.2, 0.25) is 0 Å². The van der Waals surface area contributed by atoms with E-state index in [0.29, 0.717) is 89.8 Å². The molecule has 0 spiro atoms. The molecule has 2 unspecified atom stereocenters. The third-order valence-electron chi connectivity index (χ3n) is 17.4. The van der Waals surface area contributed by atoms with Gasteiger partial charge in [0.25, 0.3) is 0 Å². The van der Waals surface area contributed by atoms with Crippen molar-refractivity contribution >= 4 is 51.7 Å². The number of nitrogens with zero attached hydrogens (tertiary/aromatic N) is 8. The van der Waals surface area contributed by atoms with Crippen molar-refractivity contribution in [3.8, 4) is 0 Å². The lowest BCUT2D eigenvalue weighted by Crippen LogP contribution is -2.34. The Morgan fingerprint density at radius 1 is 0.596 bits per heavy atom. The number of hydrogen-bond donors (Lipinski definition) is 1. The summed E-state index contributed by atoms with van der Waals surface area (Å²) in [6, 6.07) is 0.599. The Morgan fingerprint density at radius 3 is 1.35 bits per heavy atom. The summed E-state index contributed by atoms with van der Waals surface area (Å²) in [5.41, 5.74) is -5.12. The fourth-order valence-corrected chi connectivity index (χ4v) is 12.7. The first kappa shape index (κ1) is 68.2. The van der Waals surface area contributed by atoms with Crippen LogP contribution in [-0.4, -0.2) is 105 Å². The maximum atomic E-state index is 13.5. The van der Waals surface area contributed by atoms with Crippen LogP contribution in [0.5, 0.6) is 0 Å². The molecule has 5 fully saturated rings. The minimum Gasteiger partial charge on any atom is -0.481 e. The topological polar surface area (TPSA) is 181 Å². The van der Waals surface area contributed by atoms with Gasteiger partial charge in [0.1, 0.15) is 28.2 Å². The Balaban J connectivity index is 0.000000230. The van der Waals surface area contributed by atoms with Crippen molar-refractivity contribution in [3.05, 3.63) is 104 Å². The van der Waals surface area contributed by atoms with Crippen LogP contribution in [0.1, 0.15) is 173 Å². The van der Waals surface area contributed by atoms with Crippen LogP contribution in [0, 0.1) is 23.7 Å². The van der Waals surface area contributed by atoms with Gasteiger partial charge in [0.05, 0.1) is 72.1 Å². The van der Waals surface area contributed by atoms with E-state index in [1.54, 1.807) is 13.1 Å². The van der Waals surface area contributed by atoms with E-state index < -0.39 is 101 Å². The number of halogens is 13. The molecule has 2 aromatic heterocycles. The van der Waals surface area contributed by atoms with Crippen molar-refractivity contribution in [1.82, 2.24) is 29.7 Å². The van der Waals surface area contributed by atoms with E-state index in [1.807, 2.05) is 23.9 Å². The Morgan fingerprint density at radius 2 is 0.978 bits per heavy atom. The molecule has 488 valence electrons. The highest BCUT2D eigenvalue weighted by atomic mass is 79.9. The quantitative estimate of drug-likeness (QED) is 0.0564. The van der Waals surface area contributed by atoms with Gasteiger partial charge in [-0.1, -0.05) is 6.42 Å². The van der Waals surface area contributed by atoms with Gasteiger partial charge in [-0.25, -0.2) is 24.5 Å². The molecule has 0 bridgehead atoms. The summed E-state index contributed by atoms with van der Waals surface area (Å²) in [5.74, 6) is 1.28. The molecule has 4 heterocycles.